The number of hydrogen-bond donors (Lipinski definition) is 2. The quantitative estimate of drug-likeness (QED) is 0.794. The number of benzene rings is 1. The van der Waals surface area contributed by atoms with E-state index < -0.39 is 0 Å². The summed E-state index contributed by atoms with van der Waals surface area (Å²) in [4.78, 5) is 2.13. The molecule has 0 fully saturated rings. The lowest BCUT2D eigenvalue weighted by Gasteiger charge is -2.22. The molecular weight excluding hydrogens is 212 g/mol. The number of para-hydroxylation sites is 1. The minimum Gasteiger partial charge on any atom is -0.393 e. The summed E-state index contributed by atoms with van der Waals surface area (Å²) in [5.74, 6) is 0. The van der Waals surface area contributed by atoms with Crippen molar-refractivity contribution in [3.63, 3.8) is 0 Å². The predicted octanol–water partition coefficient (Wildman–Crippen LogP) is 2.17. The lowest BCUT2D eigenvalue weighted by Crippen LogP contribution is -2.24. The van der Waals surface area contributed by atoms with Crippen molar-refractivity contribution in [2.24, 2.45) is 0 Å². The zero-order chi connectivity index (χ0) is 12.8. The van der Waals surface area contributed by atoms with Gasteiger partial charge in [-0.2, -0.15) is 0 Å². The van der Waals surface area contributed by atoms with Crippen molar-refractivity contribution < 1.29 is 5.11 Å². The molecule has 96 valence electrons. The number of nitrogens with one attached hydrogen (secondary N) is 1. The first-order valence-corrected chi connectivity index (χ1v) is 6.20. The molecule has 0 aliphatic carbocycles. The van der Waals surface area contributed by atoms with Crippen LogP contribution in [0.4, 0.5) is 5.69 Å². The largest absolute Gasteiger partial charge is 0.393 e. The van der Waals surface area contributed by atoms with E-state index in [1.54, 1.807) is 0 Å². The molecule has 0 radical (unpaired) electrons. The van der Waals surface area contributed by atoms with E-state index in [0.29, 0.717) is 6.04 Å². The Hall–Kier alpha value is -1.06. The summed E-state index contributed by atoms with van der Waals surface area (Å²) < 4.78 is 0. The molecule has 17 heavy (non-hydrogen) atoms. The lowest BCUT2D eigenvalue weighted by molar-refractivity contribution is 0.182. The monoisotopic (exact) mass is 236 g/mol. The molecule has 0 saturated carbocycles. The van der Waals surface area contributed by atoms with Crippen LogP contribution in [0.15, 0.2) is 24.3 Å². The van der Waals surface area contributed by atoms with Gasteiger partial charge in [0.05, 0.1) is 6.10 Å². The molecule has 0 heterocycles. The molecule has 0 aliphatic rings. The van der Waals surface area contributed by atoms with E-state index in [-0.39, 0.29) is 6.10 Å². The molecule has 0 bridgehead atoms. The molecule has 1 rings (SSSR count). The van der Waals surface area contributed by atoms with Crippen molar-refractivity contribution in [2.75, 3.05) is 25.5 Å². The number of nitrogens with zero attached hydrogens (tertiary/aromatic N) is 1. The van der Waals surface area contributed by atoms with Gasteiger partial charge in [0, 0.05) is 25.8 Å². The molecule has 3 nitrogen and oxygen atoms in total. The molecule has 2 N–H and O–H groups in total. The van der Waals surface area contributed by atoms with Gasteiger partial charge >= 0.3 is 0 Å². The molecule has 1 aromatic rings. The normalized spacial score (nSPS) is 14.4. The van der Waals surface area contributed by atoms with Gasteiger partial charge in [-0.3, -0.25) is 0 Å². The molecule has 1 aromatic carbocycles. The number of aliphatic hydroxyl groups excluding tert-OH is 1. The molecule has 0 aromatic heterocycles. The Morgan fingerprint density at radius 2 is 1.88 bits per heavy atom. The third-order valence-electron chi connectivity index (χ3n) is 2.90. The number of rotatable bonds is 6. The second-order valence-corrected chi connectivity index (χ2v) is 4.77. The maximum Gasteiger partial charge on any atom is 0.0524 e. The summed E-state index contributed by atoms with van der Waals surface area (Å²) in [7, 11) is 4.11. The summed E-state index contributed by atoms with van der Waals surface area (Å²) in [5, 5.41) is 12.7. The fraction of sp³-hybridized carbons (Fsp3) is 0.571. The van der Waals surface area contributed by atoms with Crippen LogP contribution >= 0.6 is 0 Å². The third kappa shape index (κ3) is 4.36. The second kappa shape index (κ2) is 6.62. The second-order valence-electron chi connectivity index (χ2n) is 4.77. The van der Waals surface area contributed by atoms with Crippen LogP contribution in [0.5, 0.6) is 0 Å². The Morgan fingerprint density at radius 1 is 1.24 bits per heavy atom. The Balaban J connectivity index is 2.65. The van der Waals surface area contributed by atoms with Gasteiger partial charge in [-0.25, -0.2) is 0 Å². The van der Waals surface area contributed by atoms with E-state index in [1.165, 1.54) is 11.3 Å². The lowest BCUT2D eigenvalue weighted by atomic mass is 10.1. The third-order valence-corrected chi connectivity index (χ3v) is 2.90. The van der Waals surface area contributed by atoms with Crippen LogP contribution in [0.2, 0.25) is 0 Å². The molecule has 0 amide bonds. The van der Waals surface area contributed by atoms with Gasteiger partial charge in [0.2, 0.25) is 0 Å². The maximum atomic E-state index is 9.23. The molecule has 2 unspecified atom stereocenters. The van der Waals surface area contributed by atoms with Gasteiger partial charge in [0.25, 0.3) is 0 Å². The van der Waals surface area contributed by atoms with Crippen LogP contribution in [0, 0.1) is 0 Å². The van der Waals surface area contributed by atoms with E-state index in [4.69, 9.17) is 0 Å². The van der Waals surface area contributed by atoms with Crippen LogP contribution in [-0.4, -0.2) is 31.9 Å². The molecule has 0 aliphatic heterocycles. The smallest absolute Gasteiger partial charge is 0.0524 e. The maximum absolute atomic E-state index is 9.23. The molecule has 0 saturated heterocycles. The fourth-order valence-corrected chi connectivity index (χ4v) is 1.88. The van der Waals surface area contributed by atoms with E-state index in [0.717, 1.165) is 13.0 Å². The standard InChI is InChI=1S/C14H24N2O/c1-11(17)9-10-15-12(2)13-7-5-6-8-14(13)16(3)4/h5-8,11-12,15,17H,9-10H2,1-4H3. The van der Waals surface area contributed by atoms with Gasteiger partial charge < -0.3 is 15.3 Å². The number of anilines is 1. The first kappa shape index (κ1) is 14.0. The highest BCUT2D eigenvalue weighted by Gasteiger charge is 2.10. The fourth-order valence-electron chi connectivity index (χ4n) is 1.88. The highest BCUT2D eigenvalue weighted by molar-refractivity contribution is 5.53. The van der Waals surface area contributed by atoms with Gasteiger partial charge in [-0.15, -0.1) is 0 Å². The first-order valence-electron chi connectivity index (χ1n) is 6.20. The van der Waals surface area contributed by atoms with E-state index in [2.05, 4.69) is 55.5 Å². The van der Waals surface area contributed by atoms with E-state index >= 15 is 0 Å². The summed E-state index contributed by atoms with van der Waals surface area (Å²) in [6.45, 7) is 4.81. The topological polar surface area (TPSA) is 35.5 Å². The van der Waals surface area contributed by atoms with Crippen molar-refractivity contribution >= 4 is 5.69 Å². The van der Waals surface area contributed by atoms with Crippen LogP contribution < -0.4 is 10.2 Å². The van der Waals surface area contributed by atoms with Gasteiger partial charge in [0.1, 0.15) is 0 Å². The Kier molecular flexibility index (Phi) is 5.45. The van der Waals surface area contributed by atoms with Crippen molar-refractivity contribution in [3.8, 4) is 0 Å². The Morgan fingerprint density at radius 3 is 2.47 bits per heavy atom. The molecule has 3 heteroatoms. The van der Waals surface area contributed by atoms with Crippen LogP contribution in [0.1, 0.15) is 31.9 Å². The highest BCUT2D eigenvalue weighted by Crippen LogP contribution is 2.24. The van der Waals surface area contributed by atoms with Gasteiger partial charge in [0.15, 0.2) is 0 Å². The SMILES string of the molecule is CC(O)CCNC(C)c1ccccc1N(C)C. The average molecular weight is 236 g/mol. The zero-order valence-electron chi connectivity index (χ0n) is 11.3. The zero-order valence-corrected chi connectivity index (χ0v) is 11.3. The predicted molar refractivity (Wildman–Crippen MR) is 73.5 cm³/mol. The Labute approximate surface area is 104 Å². The van der Waals surface area contributed by atoms with Crippen LogP contribution in [0.3, 0.4) is 0 Å². The van der Waals surface area contributed by atoms with Gasteiger partial charge in [-0.1, -0.05) is 18.2 Å². The molecular formula is C14H24N2O. The van der Waals surface area contributed by atoms with Crippen molar-refractivity contribution in [1.82, 2.24) is 5.32 Å². The van der Waals surface area contributed by atoms with Crippen molar-refractivity contribution in [3.05, 3.63) is 29.8 Å². The minimum atomic E-state index is -0.237. The van der Waals surface area contributed by atoms with Crippen LogP contribution in [0.25, 0.3) is 0 Å². The molecule has 2 atom stereocenters. The van der Waals surface area contributed by atoms with Crippen LogP contribution in [-0.2, 0) is 0 Å². The van der Waals surface area contributed by atoms with E-state index in [1.807, 2.05) is 6.92 Å². The highest BCUT2D eigenvalue weighted by atomic mass is 16.3. The number of aliphatic hydroxyl groups is 1. The summed E-state index contributed by atoms with van der Waals surface area (Å²) in [6.07, 6.45) is 0.549. The van der Waals surface area contributed by atoms with Gasteiger partial charge in [-0.05, 0) is 38.4 Å². The summed E-state index contributed by atoms with van der Waals surface area (Å²) in [6, 6.07) is 8.70. The minimum absolute atomic E-state index is 0.237. The van der Waals surface area contributed by atoms with E-state index in [9.17, 15) is 5.11 Å². The van der Waals surface area contributed by atoms with Crippen molar-refractivity contribution in [1.29, 1.82) is 0 Å². The average Bonchev–Trinajstić information content (AvgIpc) is 2.28. The van der Waals surface area contributed by atoms with Crippen molar-refractivity contribution in [2.45, 2.75) is 32.4 Å². The molecule has 0 spiro atoms. The Bertz CT molecular complexity index is 337. The first-order chi connectivity index (χ1) is 8.02. The summed E-state index contributed by atoms with van der Waals surface area (Å²) in [5.41, 5.74) is 2.53. The number of hydrogen-bond acceptors (Lipinski definition) is 3. The summed E-state index contributed by atoms with van der Waals surface area (Å²) >= 11 is 0.